The van der Waals surface area contributed by atoms with Gasteiger partial charge in [-0.2, -0.15) is 0 Å². The summed E-state index contributed by atoms with van der Waals surface area (Å²) in [5.41, 5.74) is 5.85. The van der Waals surface area contributed by atoms with Crippen molar-refractivity contribution in [3.63, 3.8) is 0 Å². The van der Waals surface area contributed by atoms with Crippen molar-refractivity contribution in [2.24, 2.45) is 11.7 Å². The summed E-state index contributed by atoms with van der Waals surface area (Å²) in [5.74, 6) is 0.550. The highest BCUT2D eigenvalue weighted by molar-refractivity contribution is 4.95. The Balaban J connectivity index is 2.32. The summed E-state index contributed by atoms with van der Waals surface area (Å²) in [7, 11) is 0. The third-order valence-electron chi connectivity index (χ3n) is 2.98. The van der Waals surface area contributed by atoms with Crippen LogP contribution in [0.25, 0.3) is 0 Å². The fourth-order valence-corrected chi connectivity index (χ4v) is 1.61. The second-order valence-corrected chi connectivity index (χ2v) is 4.44. The molecule has 3 heteroatoms. The predicted molar refractivity (Wildman–Crippen MR) is 57.2 cm³/mol. The summed E-state index contributed by atoms with van der Waals surface area (Å²) in [6.45, 7) is 9.15. The summed E-state index contributed by atoms with van der Waals surface area (Å²) in [4.78, 5) is 0. The molecule has 1 rings (SSSR count). The van der Waals surface area contributed by atoms with Crippen molar-refractivity contribution in [3.8, 4) is 0 Å². The lowest BCUT2D eigenvalue weighted by atomic mass is 9.85. The Bertz CT molecular complexity index is 173. The maximum absolute atomic E-state index is 5.88. The molecule has 14 heavy (non-hydrogen) atoms. The third-order valence-corrected chi connectivity index (χ3v) is 2.98. The number of rotatable bonds is 5. The fraction of sp³-hybridized carbons (Fsp3) is 1.00. The molecule has 3 nitrogen and oxygen atoms in total. The highest BCUT2D eigenvalue weighted by Gasteiger charge is 2.41. The predicted octanol–water partition coefficient (Wildman–Crippen LogP) is 1.55. The van der Waals surface area contributed by atoms with Crippen LogP contribution in [-0.4, -0.2) is 31.0 Å². The SMILES string of the molecule is CCOC1C(N)CC1OC(C)C(C)C. The second kappa shape index (κ2) is 5.10. The van der Waals surface area contributed by atoms with Crippen molar-refractivity contribution in [2.75, 3.05) is 6.61 Å². The molecule has 0 spiro atoms. The average Bonchev–Trinajstić information content (AvgIpc) is 2.13. The van der Waals surface area contributed by atoms with Gasteiger partial charge in [0, 0.05) is 12.6 Å². The van der Waals surface area contributed by atoms with E-state index in [2.05, 4.69) is 20.8 Å². The van der Waals surface area contributed by atoms with Crippen molar-refractivity contribution < 1.29 is 9.47 Å². The van der Waals surface area contributed by atoms with E-state index in [1.165, 1.54) is 0 Å². The second-order valence-electron chi connectivity index (χ2n) is 4.44. The van der Waals surface area contributed by atoms with E-state index in [1.54, 1.807) is 0 Å². The number of nitrogens with two attached hydrogens (primary N) is 1. The smallest absolute Gasteiger partial charge is 0.0988 e. The molecule has 0 aromatic heterocycles. The highest BCUT2D eigenvalue weighted by Crippen LogP contribution is 2.27. The molecule has 4 unspecified atom stereocenters. The van der Waals surface area contributed by atoms with Crippen molar-refractivity contribution >= 4 is 0 Å². The Morgan fingerprint density at radius 3 is 2.43 bits per heavy atom. The average molecular weight is 201 g/mol. The topological polar surface area (TPSA) is 44.5 Å². The lowest BCUT2D eigenvalue weighted by molar-refractivity contribution is -0.163. The first kappa shape index (κ1) is 12.0. The fourth-order valence-electron chi connectivity index (χ4n) is 1.61. The summed E-state index contributed by atoms with van der Waals surface area (Å²) < 4.78 is 11.4. The van der Waals surface area contributed by atoms with E-state index in [4.69, 9.17) is 15.2 Å². The minimum Gasteiger partial charge on any atom is -0.374 e. The zero-order valence-corrected chi connectivity index (χ0v) is 9.69. The van der Waals surface area contributed by atoms with E-state index in [1.807, 2.05) is 6.92 Å². The zero-order valence-electron chi connectivity index (χ0n) is 9.69. The molecular formula is C11H23NO2. The molecule has 4 atom stereocenters. The van der Waals surface area contributed by atoms with E-state index in [9.17, 15) is 0 Å². The van der Waals surface area contributed by atoms with Gasteiger partial charge in [0.1, 0.15) is 0 Å². The van der Waals surface area contributed by atoms with E-state index < -0.39 is 0 Å². The molecule has 0 amide bonds. The van der Waals surface area contributed by atoms with Gasteiger partial charge in [-0.15, -0.1) is 0 Å². The maximum Gasteiger partial charge on any atom is 0.0988 e. The Morgan fingerprint density at radius 2 is 2.00 bits per heavy atom. The maximum atomic E-state index is 5.88. The van der Waals surface area contributed by atoms with E-state index in [0.29, 0.717) is 12.5 Å². The molecule has 0 saturated heterocycles. The van der Waals surface area contributed by atoms with Crippen LogP contribution in [0.4, 0.5) is 0 Å². The first-order valence-electron chi connectivity index (χ1n) is 5.58. The molecular weight excluding hydrogens is 178 g/mol. The van der Waals surface area contributed by atoms with Crippen LogP contribution >= 0.6 is 0 Å². The first-order valence-corrected chi connectivity index (χ1v) is 5.58. The molecule has 1 aliphatic carbocycles. The minimum absolute atomic E-state index is 0.112. The molecule has 1 saturated carbocycles. The van der Waals surface area contributed by atoms with E-state index >= 15 is 0 Å². The van der Waals surface area contributed by atoms with Gasteiger partial charge in [0.25, 0.3) is 0 Å². The monoisotopic (exact) mass is 201 g/mol. The van der Waals surface area contributed by atoms with Crippen LogP contribution in [-0.2, 0) is 9.47 Å². The van der Waals surface area contributed by atoms with Gasteiger partial charge in [-0.25, -0.2) is 0 Å². The lowest BCUT2D eigenvalue weighted by Gasteiger charge is -2.43. The largest absolute Gasteiger partial charge is 0.374 e. The Labute approximate surface area is 86.9 Å². The van der Waals surface area contributed by atoms with Gasteiger partial charge in [0.2, 0.25) is 0 Å². The van der Waals surface area contributed by atoms with Gasteiger partial charge in [0.05, 0.1) is 18.3 Å². The summed E-state index contributed by atoms with van der Waals surface area (Å²) in [6, 6.07) is 0.166. The van der Waals surface area contributed by atoms with Crippen LogP contribution in [0, 0.1) is 5.92 Å². The molecule has 0 bridgehead atoms. The summed E-state index contributed by atoms with van der Waals surface area (Å²) in [5, 5.41) is 0. The van der Waals surface area contributed by atoms with Crippen molar-refractivity contribution in [1.82, 2.24) is 0 Å². The Hall–Kier alpha value is -0.120. The third kappa shape index (κ3) is 2.69. The summed E-state index contributed by atoms with van der Waals surface area (Å²) >= 11 is 0. The standard InChI is InChI=1S/C11H23NO2/c1-5-13-11-9(12)6-10(11)14-8(4)7(2)3/h7-11H,5-6,12H2,1-4H3. The Kier molecular flexibility index (Phi) is 4.35. The van der Waals surface area contributed by atoms with Crippen LogP contribution in [0.2, 0.25) is 0 Å². The Morgan fingerprint density at radius 1 is 1.36 bits per heavy atom. The van der Waals surface area contributed by atoms with Crippen molar-refractivity contribution in [1.29, 1.82) is 0 Å². The number of ether oxygens (including phenoxy) is 2. The van der Waals surface area contributed by atoms with Crippen LogP contribution in [0.3, 0.4) is 0 Å². The molecule has 0 radical (unpaired) electrons. The highest BCUT2D eigenvalue weighted by atomic mass is 16.6. The normalized spacial score (nSPS) is 34.3. The molecule has 0 aromatic rings. The molecule has 1 aliphatic rings. The minimum atomic E-state index is 0.112. The van der Waals surface area contributed by atoms with Crippen LogP contribution in [0.15, 0.2) is 0 Å². The van der Waals surface area contributed by atoms with Gasteiger partial charge < -0.3 is 15.2 Å². The molecule has 84 valence electrons. The molecule has 2 N–H and O–H groups in total. The number of hydrogen-bond acceptors (Lipinski definition) is 3. The van der Waals surface area contributed by atoms with Gasteiger partial charge >= 0.3 is 0 Å². The van der Waals surface area contributed by atoms with Gasteiger partial charge in [-0.3, -0.25) is 0 Å². The molecule has 0 heterocycles. The van der Waals surface area contributed by atoms with Crippen LogP contribution in [0.5, 0.6) is 0 Å². The van der Waals surface area contributed by atoms with Crippen LogP contribution < -0.4 is 5.73 Å². The van der Waals surface area contributed by atoms with Crippen molar-refractivity contribution in [2.45, 2.75) is 58.5 Å². The molecule has 1 fully saturated rings. The molecule has 0 aliphatic heterocycles. The summed E-state index contributed by atoms with van der Waals surface area (Å²) in [6.07, 6.45) is 1.54. The van der Waals surface area contributed by atoms with Gasteiger partial charge in [-0.05, 0) is 26.2 Å². The van der Waals surface area contributed by atoms with Crippen LogP contribution in [0.1, 0.15) is 34.1 Å². The van der Waals surface area contributed by atoms with Gasteiger partial charge in [-0.1, -0.05) is 13.8 Å². The number of hydrogen-bond donors (Lipinski definition) is 1. The van der Waals surface area contributed by atoms with Crippen molar-refractivity contribution in [3.05, 3.63) is 0 Å². The van der Waals surface area contributed by atoms with Gasteiger partial charge in [0.15, 0.2) is 0 Å². The molecule has 0 aromatic carbocycles. The van der Waals surface area contributed by atoms with E-state index in [-0.39, 0.29) is 24.4 Å². The van der Waals surface area contributed by atoms with E-state index in [0.717, 1.165) is 6.42 Å². The quantitative estimate of drug-likeness (QED) is 0.734. The lowest BCUT2D eigenvalue weighted by Crippen LogP contribution is -2.59. The first-order chi connectivity index (χ1) is 6.56. The zero-order chi connectivity index (χ0) is 10.7.